The van der Waals surface area contributed by atoms with Crippen molar-refractivity contribution in [3.8, 4) is 0 Å². The van der Waals surface area contributed by atoms with Gasteiger partial charge in [-0.1, -0.05) is 30.7 Å². The van der Waals surface area contributed by atoms with E-state index in [9.17, 15) is 4.79 Å². The van der Waals surface area contributed by atoms with Crippen molar-refractivity contribution in [1.82, 2.24) is 0 Å². The van der Waals surface area contributed by atoms with Crippen LogP contribution < -0.4 is 21.3 Å². The fourth-order valence-corrected chi connectivity index (χ4v) is 4.24. The lowest BCUT2D eigenvalue weighted by Gasteiger charge is -2.45. The van der Waals surface area contributed by atoms with Crippen molar-refractivity contribution in [2.24, 2.45) is 21.5 Å². The first-order chi connectivity index (χ1) is 14.0. The van der Waals surface area contributed by atoms with Crippen LogP contribution in [-0.4, -0.2) is 30.5 Å². The number of aliphatic imine (C=N–C) groups is 2. The van der Waals surface area contributed by atoms with Gasteiger partial charge in [-0.3, -0.25) is 9.69 Å². The van der Waals surface area contributed by atoms with Gasteiger partial charge in [0.15, 0.2) is 0 Å². The van der Waals surface area contributed by atoms with Crippen LogP contribution in [0.3, 0.4) is 0 Å². The minimum atomic E-state index is -0.527. The van der Waals surface area contributed by atoms with Crippen LogP contribution in [0.4, 0.5) is 11.4 Å². The number of guanidine groups is 2. The van der Waals surface area contributed by atoms with Gasteiger partial charge in [0, 0.05) is 24.0 Å². The number of amides is 1. The van der Waals surface area contributed by atoms with Gasteiger partial charge in [-0.15, -0.1) is 0 Å². The molecule has 4 N–H and O–H groups in total. The average Bonchev–Trinajstić information content (AvgIpc) is 2.73. The predicted molar refractivity (Wildman–Crippen MR) is 117 cm³/mol. The van der Waals surface area contributed by atoms with Gasteiger partial charge in [0.2, 0.25) is 11.9 Å². The molecule has 2 aromatic rings. The van der Waals surface area contributed by atoms with Crippen LogP contribution in [0.2, 0.25) is 0 Å². The van der Waals surface area contributed by atoms with Crippen molar-refractivity contribution in [2.75, 3.05) is 16.8 Å². The summed E-state index contributed by atoms with van der Waals surface area (Å²) in [6.07, 6.45) is 4.98. The normalized spacial score (nSPS) is 18.2. The van der Waals surface area contributed by atoms with Gasteiger partial charge in [-0.05, 0) is 56.0 Å². The number of anilines is 2. The van der Waals surface area contributed by atoms with Gasteiger partial charge in [0.25, 0.3) is 5.91 Å². The van der Waals surface area contributed by atoms with Gasteiger partial charge in [-0.2, -0.15) is 4.99 Å². The minimum absolute atomic E-state index is 0.0914. The second-order valence-electron chi connectivity index (χ2n) is 7.57. The SMILES string of the molecule is CN(C(=O)c1cccc(N2C(N)=NC(N)=NC23CCCCC3)c1)c1ccccc1. The Kier molecular flexibility index (Phi) is 4.96. The molecular formula is C22H26N6O. The van der Waals surface area contributed by atoms with Crippen LogP contribution in [-0.2, 0) is 0 Å². The Morgan fingerprint density at radius 3 is 2.48 bits per heavy atom. The fourth-order valence-electron chi connectivity index (χ4n) is 4.24. The zero-order valence-electron chi connectivity index (χ0n) is 16.6. The molecule has 1 fully saturated rings. The molecule has 0 saturated heterocycles. The van der Waals surface area contributed by atoms with E-state index in [1.165, 1.54) is 6.42 Å². The van der Waals surface area contributed by atoms with Gasteiger partial charge in [0.1, 0.15) is 5.66 Å². The Balaban J connectivity index is 1.69. The van der Waals surface area contributed by atoms with Gasteiger partial charge >= 0.3 is 0 Å². The third-order valence-electron chi connectivity index (χ3n) is 5.65. The molecule has 150 valence electrons. The maximum Gasteiger partial charge on any atom is 0.258 e. The van der Waals surface area contributed by atoms with Gasteiger partial charge in [-0.25, -0.2) is 4.99 Å². The first kappa shape index (κ1) is 19.0. The molecule has 2 aliphatic rings. The van der Waals surface area contributed by atoms with Crippen LogP contribution in [0, 0.1) is 0 Å². The first-order valence-corrected chi connectivity index (χ1v) is 9.93. The smallest absolute Gasteiger partial charge is 0.258 e. The molecule has 29 heavy (non-hydrogen) atoms. The third kappa shape index (κ3) is 3.55. The molecule has 1 spiro atoms. The summed E-state index contributed by atoms with van der Waals surface area (Å²) in [7, 11) is 1.77. The van der Waals surface area contributed by atoms with E-state index < -0.39 is 5.66 Å². The second-order valence-corrected chi connectivity index (χ2v) is 7.57. The zero-order chi connectivity index (χ0) is 20.4. The van der Waals surface area contributed by atoms with Crippen LogP contribution >= 0.6 is 0 Å². The highest BCUT2D eigenvalue weighted by molar-refractivity contribution is 6.08. The Labute approximate surface area is 170 Å². The maximum atomic E-state index is 13.1. The molecule has 1 aliphatic carbocycles. The molecule has 7 heteroatoms. The van der Waals surface area contributed by atoms with E-state index in [4.69, 9.17) is 16.5 Å². The molecule has 1 amide bonds. The number of rotatable bonds is 3. The lowest BCUT2D eigenvalue weighted by Crippen LogP contribution is -2.58. The number of hydrogen-bond donors (Lipinski definition) is 2. The summed E-state index contributed by atoms with van der Waals surface area (Å²) in [6.45, 7) is 0. The van der Waals surface area contributed by atoms with Crippen LogP contribution in [0.5, 0.6) is 0 Å². The summed E-state index contributed by atoms with van der Waals surface area (Å²) < 4.78 is 0. The number of carbonyl (C=O) groups is 1. The van der Waals surface area contributed by atoms with Crippen molar-refractivity contribution >= 4 is 29.2 Å². The number of nitrogens with zero attached hydrogens (tertiary/aromatic N) is 4. The van der Waals surface area contributed by atoms with Crippen molar-refractivity contribution in [3.05, 3.63) is 60.2 Å². The molecule has 0 bridgehead atoms. The summed E-state index contributed by atoms with van der Waals surface area (Å²) >= 11 is 0. The average molecular weight is 390 g/mol. The van der Waals surface area contributed by atoms with E-state index in [2.05, 4.69) is 4.99 Å². The molecule has 0 atom stereocenters. The van der Waals surface area contributed by atoms with E-state index in [0.29, 0.717) is 11.5 Å². The summed E-state index contributed by atoms with van der Waals surface area (Å²) in [5, 5.41) is 0. The van der Waals surface area contributed by atoms with E-state index in [-0.39, 0.29) is 11.9 Å². The highest BCUT2D eigenvalue weighted by Crippen LogP contribution is 2.39. The predicted octanol–water partition coefficient (Wildman–Crippen LogP) is 3.07. The Bertz CT molecular complexity index is 962. The largest absolute Gasteiger partial charge is 0.369 e. The van der Waals surface area contributed by atoms with Crippen molar-refractivity contribution < 1.29 is 4.79 Å². The van der Waals surface area contributed by atoms with E-state index in [1.54, 1.807) is 11.9 Å². The Morgan fingerprint density at radius 2 is 1.76 bits per heavy atom. The lowest BCUT2D eigenvalue weighted by molar-refractivity contribution is 0.0993. The number of carbonyl (C=O) groups excluding carboxylic acids is 1. The second kappa shape index (κ2) is 7.58. The standard InChI is InChI=1S/C22H26N6O/c1-27(17-10-4-2-5-11-17)19(29)16-9-8-12-18(15-16)28-21(24)25-20(23)26-22(28)13-6-3-7-14-22/h2,4-5,8-12,15H,3,6-7,13-14H2,1H3,(H4,23,24,25,26). The molecular weight excluding hydrogens is 364 g/mol. The number of nitrogens with two attached hydrogens (primary N) is 2. The van der Waals surface area contributed by atoms with Crippen molar-refractivity contribution in [2.45, 2.75) is 37.8 Å². The Hall–Kier alpha value is -3.35. The van der Waals surface area contributed by atoms with Gasteiger partial charge in [0.05, 0.1) is 0 Å². The lowest BCUT2D eigenvalue weighted by atomic mass is 9.87. The molecule has 0 radical (unpaired) electrons. The summed E-state index contributed by atoms with van der Waals surface area (Å²) in [5.41, 5.74) is 13.9. The molecule has 0 unspecified atom stereocenters. The minimum Gasteiger partial charge on any atom is -0.369 e. The number of hydrogen-bond acceptors (Lipinski definition) is 6. The highest BCUT2D eigenvalue weighted by atomic mass is 16.2. The number of benzene rings is 2. The van der Waals surface area contributed by atoms with Crippen LogP contribution in [0.15, 0.2) is 64.6 Å². The molecule has 1 saturated carbocycles. The summed E-state index contributed by atoms with van der Waals surface area (Å²) in [6, 6.07) is 17.0. The van der Waals surface area contributed by atoms with E-state index in [1.807, 2.05) is 59.5 Å². The van der Waals surface area contributed by atoms with E-state index in [0.717, 1.165) is 37.1 Å². The summed E-state index contributed by atoms with van der Waals surface area (Å²) in [5.74, 6) is 0.448. The number of para-hydroxylation sites is 1. The zero-order valence-corrected chi connectivity index (χ0v) is 16.6. The Morgan fingerprint density at radius 1 is 1.03 bits per heavy atom. The quantitative estimate of drug-likeness (QED) is 0.841. The van der Waals surface area contributed by atoms with Crippen molar-refractivity contribution in [1.29, 1.82) is 0 Å². The molecule has 2 aromatic carbocycles. The first-order valence-electron chi connectivity index (χ1n) is 9.93. The van der Waals surface area contributed by atoms with Crippen LogP contribution in [0.1, 0.15) is 42.5 Å². The molecule has 1 aliphatic heterocycles. The van der Waals surface area contributed by atoms with E-state index >= 15 is 0 Å². The monoisotopic (exact) mass is 390 g/mol. The highest BCUT2D eigenvalue weighted by Gasteiger charge is 2.42. The topological polar surface area (TPSA) is 100 Å². The fraction of sp³-hybridized carbons (Fsp3) is 0.318. The van der Waals surface area contributed by atoms with Gasteiger partial charge < -0.3 is 16.4 Å². The molecule has 4 rings (SSSR count). The molecule has 1 heterocycles. The van der Waals surface area contributed by atoms with Crippen molar-refractivity contribution in [3.63, 3.8) is 0 Å². The summed E-state index contributed by atoms with van der Waals surface area (Å²) in [4.78, 5) is 25.6. The molecule has 0 aromatic heterocycles. The molecule has 7 nitrogen and oxygen atoms in total. The van der Waals surface area contributed by atoms with Crippen LogP contribution in [0.25, 0.3) is 0 Å². The maximum absolute atomic E-state index is 13.1. The third-order valence-corrected chi connectivity index (χ3v) is 5.65.